The molecule has 20 heteroatoms. The first-order chi connectivity index (χ1) is 48.4. The average molecular weight is 1400 g/mol. The quantitative estimate of drug-likeness (QED) is 0.0625. The Morgan fingerprint density at radius 3 is 1.28 bits per heavy atom. The van der Waals surface area contributed by atoms with Crippen LogP contribution in [0.2, 0.25) is 0 Å². The van der Waals surface area contributed by atoms with Gasteiger partial charge in [0.25, 0.3) is 0 Å². The summed E-state index contributed by atoms with van der Waals surface area (Å²) in [6.45, 7) is 8.07. The molecule has 8 fully saturated rings. The molecule has 100 heavy (non-hydrogen) atoms. The van der Waals surface area contributed by atoms with Crippen molar-refractivity contribution in [3.63, 3.8) is 0 Å². The van der Waals surface area contributed by atoms with E-state index in [1.54, 1.807) is 19.1 Å². The van der Waals surface area contributed by atoms with Gasteiger partial charge >= 0.3 is 12.2 Å². The van der Waals surface area contributed by atoms with Crippen LogP contribution in [0.1, 0.15) is 175 Å². The second-order valence-corrected chi connectivity index (χ2v) is 33.7. The lowest BCUT2D eigenvalue weighted by Crippen LogP contribution is -2.53. The fourth-order valence-corrected chi connectivity index (χ4v) is 18.4. The highest BCUT2D eigenvalue weighted by Gasteiger charge is 2.40. The van der Waals surface area contributed by atoms with Gasteiger partial charge in [-0.15, -0.1) is 0 Å². The van der Waals surface area contributed by atoms with Gasteiger partial charge in [-0.25, -0.2) is 18.0 Å². The van der Waals surface area contributed by atoms with E-state index < -0.39 is 9.84 Å². The van der Waals surface area contributed by atoms with E-state index in [4.69, 9.17) is 18.9 Å². The summed E-state index contributed by atoms with van der Waals surface area (Å²) in [7, 11) is 0.376. The Bertz CT molecular complexity index is 3920. The largest absolute Gasteiger partial charge is 0.496 e. The second-order valence-electron chi connectivity index (χ2n) is 30.6. The minimum atomic E-state index is -3.07. The number of sulfone groups is 1. The number of carbonyl (C=O) groups excluding carboxylic acids is 4. The fourth-order valence-electron chi connectivity index (χ4n) is 16.6. The van der Waals surface area contributed by atoms with Crippen LogP contribution in [0.25, 0.3) is 22.3 Å². The molecule has 6 aliphatic carbocycles. The maximum Gasteiger partial charge on any atom is 0.410 e. The van der Waals surface area contributed by atoms with Crippen LogP contribution in [0.4, 0.5) is 21.0 Å². The smallest absolute Gasteiger partial charge is 0.410 e. The summed E-state index contributed by atoms with van der Waals surface area (Å²) < 4.78 is 50.1. The lowest BCUT2D eigenvalue weighted by Gasteiger charge is -2.40. The molecule has 14 rings (SSSR count). The molecule has 536 valence electrons. The van der Waals surface area contributed by atoms with Gasteiger partial charge in [-0.3, -0.25) is 19.0 Å². The Balaban J connectivity index is 0.000000179. The van der Waals surface area contributed by atoms with Gasteiger partial charge in [-0.05, 0) is 248 Å². The number of ether oxygens (including phenoxy) is 4. The normalized spacial score (nSPS) is 24.2. The van der Waals surface area contributed by atoms with Gasteiger partial charge < -0.3 is 38.5 Å². The zero-order valence-corrected chi connectivity index (χ0v) is 61.2. The molecule has 0 bridgehead atoms. The Morgan fingerprint density at radius 2 is 0.910 bits per heavy atom. The number of hydrogen-bond donors (Lipinski definition) is 0. The molecule has 0 radical (unpaired) electrons. The molecule has 4 heterocycles. The summed E-state index contributed by atoms with van der Waals surface area (Å²) in [6.07, 6.45) is 29.7. The summed E-state index contributed by atoms with van der Waals surface area (Å²) in [4.78, 5) is 62.0. The van der Waals surface area contributed by atoms with Crippen LogP contribution in [0.3, 0.4) is 0 Å². The van der Waals surface area contributed by atoms with E-state index >= 15 is 0 Å². The molecular weight excluding hydrogens is 1300 g/mol. The third-order valence-corrected chi connectivity index (χ3v) is 24.8. The van der Waals surface area contributed by atoms with Gasteiger partial charge in [-0.2, -0.15) is 22.0 Å². The molecule has 6 saturated carbocycles. The van der Waals surface area contributed by atoms with Crippen LogP contribution in [-0.2, 0) is 28.9 Å². The Kier molecular flexibility index (Phi) is 22.7. The van der Waals surface area contributed by atoms with Crippen LogP contribution in [0.5, 0.6) is 11.5 Å². The third kappa shape index (κ3) is 17.8. The Labute approximate surface area is 596 Å². The van der Waals surface area contributed by atoms with E-state index in [1.807, 2.05) is 29.1 Å². The molecular formula is C80H104N8O10S2. The summed E-state index contributed by atoms with van der Waals surface area (Å²) >= 11 is 1.83. The first-order valence-electron chi connectivity index (χ1n) is 37.2. The van der Waals surface area contributed by atoms with Crippen LogP contribution >= 0.6 is 11.8 Å². The highest BCUT2D eigenvalue weighted by Crippen LogP contribution is 2.44. The summed E-state index contributed by atoms with van der Waals surface area (Å²) in [5, 5.41) is 9.24. The topological polar surface area (TPSA) is 188 Å². The molecule has 8 aliphatic rings. The minimum Gasteiger partial charge on any atom is -0.496 e. The number of hydrogen-bond acceptors (Lipinski definition) is 13. The zero-order chi connectivity index (χ0) is 69.6. The van der Waals surface area contributed by atoms with Crippen LogP contribution in [0.15, 0.2) is 110 Å². The van der Waals surface area contributed by atoms with Crippen molar-refractivity contribution >= 4 is 57.0 Å². The summed E-state index contributed by atoms with van der Waals surface area (Å²) in [5.41, 5.74) is 11.4. The van der Waals surface area contributed by atoms with Gasteiger partial charge in [-0.1, -0.05) is 48.5 Å². The molecule has 0 atom stereocenters. The predicted molar refractivity (Wildman–Crippen MR) is 394 cm³/mol. The molecule has 4 amide bonds. The molecule has 18 nitrogen and oxygen atoms in total. The SMILES string of the molecule is COc1ccc(C2CCC(CN(C(=O)C3CCC(OC(=O)N4CC(CS(C)(=O)=O)C4)CC3)c3cccc(-c4cnn(C5CC5)c4)c3)CC2)cc1C.COc1ccc(C2CCC(CN(C(=O)C3CCC(OC(=O)N4CC(CSC)C4)CC3)c3cccc(-c4cnn(C5CC5)c4)c3)CC2)cc1C. The molecule has 2 aliphatic heterocycles. The Hall–Kier alpha value is -7.32. The van der Waals surface area contributed by atoms with E-state index in [-0.39, 0.29) is 59.7 Å². The number of methoxy groups -OCH3 is 2. The number of rotatable bonds is 22. The number of anilines is 2. The van der Waals surface area contributed by atoms with Crippen LogP contribution < -0.4 is 19.3 Å². The van der Waals surface area contributed by atoms with Crippen molar-refractivity contribution < 1.29 is 46.5 Å². The number of aryl methyl sites for hydroxylation is 2. The number of thioether (sulfide) groups is 1. The summed E-state index contributed by atoms with van der Waals surface area (Å²) in [6, 6.07) is 31.1. The van der Waals surface area contributed by atoms with Crippen molar-refractivity contribution in [2.75, 3.05) is 87.3 Å². The third-order valence-electron chi connectivity index (χ3n) is 22.9. The lowest BCUT2D eigenvalue weighted by atomic mass is 9.78. The number of nitrogens with zero attached hydrogens (tertiary/aromatic N) is 8. The minimum absolute atomic E-state index is 0.0264. The lowest BCUT2D eigenvalue weighted by molar-refractivity contribution is -0.125. The van der Waals surface area contributed by atoms with Crippen molar-refractivity contribution in [3.05, 3.63) is 132 Å². The van der Waals surface area contributed by atoms with E-state index in [1.165, 1.54) is 54.2 Å². The van der Waals surface area contributed by atoms with Crippen LogP contribution in [-0.4, -0.2) is 151 Å². The standard InChI is InChI=1S/C40H52N4O6S.C40H52N4O4S/c1-27-19-33(13-18-38(27)49-2)30-9-7-28(8-10-30)24-43(36-6-4-5-32(20-36)34-21-41-44(25-34)35-14-15-35)39(45)31-11-16-37(17-12-31)50-40(46)42-22-29(23-42)26-51(3,47)48;1-27-19-33(13-18-38(27)47-2)30-9-7-28(8-10-30)24-43(36-6-4-5-32(20-36)34-21-41-44(25-34)35-14-15-35)39(45)31-11-16-37(17-12-31)48-40(46)42-22-29(23-42)26-49-3/h4-6,13,18-21,25,28-31,35,37H,7-12,14-17,22-24,26H2,1-3H3;4-6,13,18-21,25,28-31,35,37H,7-12,14-17,22-24,26H2,1-3H3. The molecule has 0 spiro atoms. The van der Waals surface area contributed by atoms with Crippen molar-refractivity contribution in [2.24, 2.45) is 35.5 Å². The number of carbonyl (C=O) groups is 4. The fraction of sp³-hybridized carbons (Fsp3) is 0.575. The van der Waals surface area contributed by atoms with E-state index in [0.717, 1.165) is 148 Å². The Morgan fingerprint density at radius 1 is 0.500 bits per heavy atom. The van der Waals surface area contributed by atoms with E-state index in [9.17, 15) is 27.6 Å². The van der Waals surface area contributed by atoms with Gasteiger partial charge in [0.15, 0.2) is 0 Å². The van der Waals surface area contributed by atoms with Gasteiger partial charge in [0.2, 0.25) is 11.8 Å². The van der Waals surface area contributed by atoms with Crippen molar-refractivity contribution in [2.45, 2.75) is 178 Å². The summed E-state index contributed by atoms with van der Waals surface area (Å²) in [5.74, 6) is 5.69. The molecule has 0 N–H and O–H groups in total. The first-order valence-corrected chi connectivity index (χ1v) is 40.6. The number of amides is 4. The number of aromatic nitrogens is 4. The second kappa shape index (κ2) is 31.9. The molecule has 2 aromatic heterocycles. The molecule has 4 aromatic carbocycles. The molecule has 2 saturated heterocycles. The molecule has 6 aromatic rings. The van der Waals surface area contributed by atoms with Crippen molar-refractivity contribution in [1.29, 1.82) is 0 Å². The maximum absolute atomic E-state index is 14.5. The first kappa shape index (κ1) is 71.1. The van der Waals surface area contributed by atoms with Gasteiger partial charge in [0, 0.05) is 104 Å². The van der Waals surface area contributed by atoms with Crippen LogP contribution in [0, 0.1) is 49.4 Å². The molecule has 0 unspecified atom stereocenters. The monoisotopic (exact) mass is 1400 g/mol. The number of benzene rings is 4. The van der Waals surface area contributed by atoms with Crippen molar-refractivity contribution in [3.8, 4) is 33.8 Å². The predicted octanol–water partition coefficient (Wildman–Crippen LogP) is 15.7. The highest BCUT2D eigenvalue weighted by atomic mass is 32.2. The number of likely N-dealkylation sites (tertiary alicyclic amines) is 2. The maximum atomic E-state index is 14.5. The van der Waals surface area contributed by atoms with E-state index in [0.29, 0.717) is 87.0 Å². The highest BCUT2D eigenvalue weighted by molar-refractivity contribution is 7.98. The average Bonchev–Trinajstić information content (AvgIpc) is 1.27. The van der Waals surface area contributed by atoms with E-state index in [2.05, 4.69) is 147 Å². The zero-order valence-electron chi connectivity index (χ0n) is 59.6. The van der Waals surface area contributed by atoms with Gasteiger partial charge in [0.05, 0.1) is 44.4 Å². The van der Waals surface area contributed by atoms with Crippen molar-refractivity contribution in [1.82, 2.24) is 29.4 Å². The van der Waals surface area contributed by atoms with Gasteiger partial charge in [0.1, 0.15) is 33.5 Å².